The average molecular weight is 253 g/mol. The summed E-state index contributed by atoms with van der Waals surface area (Å²) in [5, 5.41) is 4.07. The van der Waals surface area contributed by atoms with E-state index in [4.69, 9.17) is 15.0 Å². The van der Waals surface area contributed by atoms with E-state index in [1.807, 2.05) is 6.92 Å². The minimum Gasteiger partial charge on any atom is -0.381 e. The standard InChI is InChI=1S/C13H23N3O2/c1-2-17-10-7-11-15-12(16-18-11)13(14)8-5-3-4-6-9-13/h2-10,14H2,1H3. The summed E-state index contributed by atoms with van der Waals surface area (Å²) < 4.78 is 10.5. The Labute approximate surface area is 108 Å². The zero-order valence-corrected chi connectivity index (χ0v) is 11.2. The first kappa shape index (κ1) is 13.5. The van der Waals surface area contributed by atoms with Crippen LogP contribution in [-0.4, -0.2) is 23.4 Å². The molecule has 1 aliphatic rings. The molecule has 0 aliphatic heterocycles. The van der Waals surface area contributed by atoms with Gasteiger partial charge < -0.3 is 15.0 Å². The van der Waals surface area contributed by atoms with Gasteiger partial charge in [0, 0.05) is 6.61 Å². The maximum atomic E-state index is 6.43. The molecule has 1 heterocycles. The van der Waals surface area contributed by atoms with Crippen LogP contribution in [0.5, 0.6) is 0 Å². The predicted molar refractivity (Wildman–Crippen MR) is 68.1 cm³/mol. The van der Waals surface area contributed by atoms with Crippen LogP contribution in [0.2, 0.25) is 0 Å². The van der Waals surface area contributed by atoms with E-state index >= 15 is 0 Å². The van der Waals surface area contributed by atoms with Gasteiger partial charge in [0.25, 0.3) is 0 Å². The summed E-state index contributed by atoms with van der Waals surface area (Å²) in [5.41, 5.74) is 6.05. The van der Waals surface area contributed by atoms with Crippen LogP contribution in [-0.2, 0) is 16.7 Å². The first-order valence-electron chi connectivity index (χ1n) is 6.94. The second-order valence-corrected chi connectivity index (χ2v) is 5.03. The van der Waals surface area contributed by atoms with Gasteiger partial charge in [0.1, 0.15) is 0 Å². The first-order valence-corrected chi connectivity index (χ1v) is 6.94. The molecule has 0 aromatic carbocycles. The fourth-order valence-electron chi connectivity index (χ4n) is 2.45. The molecule has 2 rings (SSSR count). The highest BCUT2D eigenvalue weighted by atomic mass is 16.5. The summed E-state index contributed by atoms with van der Waals surface area (Å²) >= 11 is 0. The summed E-state index contributed by atoms with van der Waals surface area (Å²) in [7, 11) is 0. The zero-order chi connectivity index (χ0) is 12.8. The van der Waals surface area contributed by atoms with Gasteiger partial charge in [0.05, 0.1) is 18.6 Å². The SMILES string of the molecule is CCOCCc1nc(C2(N)CCCCCC2)no1. The maximum absolute atomic E-state index is 6.43. The van der Waals surface area contributed by atoms with Gasteiger partial charge in [-0.1, -0.05) is 30.8 Å². The highest BCUT2D eigenvalue weighted by Crippen LogP contribution is 2.31. The Morgan fingerprint density at radius 1 is 1.28 bits per heavy atom. The topological polar surface area (TPSA) is 74.2 Å². The third kappa shape index (κ3) is 3.29. The molecule has 102 valence electrons. The van der Waals surface area contributed by atoms with Gasteiger partial charge in [-0.3, -0.25) is 0 Å². The van der Waals surface area contributed by atoms with Gasteiger partial charge in [-0.25, -0.2) is 0 Å². The van der Waals surface area contributed by atoms with Crippen LogP contribution in [0, 0.1) is 0 Å². The number of hydrogen-bond acceptors (Lipinski definition) is 5. The van der Waals surface area contributed by atoms with Crippen LogP contribution < -0.4 is 5.73 Å². The largest absolute Gasteiger partial charge is 0.381 e. The van der Waals surface area contributed by atoms with Crippen LogP contribution in [0.15, 0.2) is 4.52 Å². The Kier molecular flexibility index (Phi) is 4.72. The lowest BCUT2D eigenvalue weighted by Gasteiger charge is -2.23. The lowest BCUT2D eigenvalue weighted by Crippen LogP contribution is -2.37. The van der Waals surface area contributed by atoms with Gasteiger partial charge >= 0.3 is 0 Å². The smallest absolute Gasteiger partial charge is 0.229 e. The van der Waals surface area contributed by atoms with Crippen molar-refractivity contribution in [1.29, 1.82) is 0 Å². The molecule has 18 heavy (non-hydrogen) atoms. The summed E-state index contributed by atoms with van der Waals surface area (Å²) in [5.74, 6) is 1.31. The molecule has 1 aromatic heterocycles. The van der Waals surface area contributed by atoms with Gasteiger partial charge in [0.2, 0.25) is 5.89 Å². The van der Waals surface area contributed by atoms with Crippen molar-refractivity contribution in [2.75, 3.05) is 13.2 Å². The first-order chi connectivity index (χ1) is 8.74. The van der Waals surface area contributed by atoms with Crippen LogP contribution in [0.25, 0.3) is 0 Å². The highest BCUT2D eigenvalue weighted by Gasteiger charge is 2.33. The van der Waals surface area contributed by atoms with Crippen LogP contribution in [0.3, 0.4) is 0 Å². The number of nitrogens with zero attached hydrogens (tertiary/aromatic N) is 2. The van der Waals surface area contributed by atoms with Gasteiger partial charge in [-0.15, -0.1) is 0 Å². The van der Waals surface area contributed by atoms with Crippen LogP contribution in [0.1, 0.15) is 57.2 Å². The maximum Gasteiger partial charge on any atom is 0.229 e. The quantitative estimate of drug-likeness (QED) is 0.643. The molecule has 0 amide bonds. The average Bonchev–Trinajstić information content (AvgIpc) is 2.73. The Morgan fingerprint density at radius 2 is 2.00 bits per heavy atom. The fraction of sp³-hybridized carbons (Fsp3) is 0.846. The monoisotopic (exact) mass is 253 g/mol. The van der Waals surface area contributed by atoms with E-state index in [-0.39, 0.29) is 5.54 Å². The lowest BCUT2D eigenvalue weighted by molar-refractivity contribution is 0.144. The summed E-state index contributed by atoms with van der Waals surface area (Å²) in [6.45, 7) is 3.30. The molecule has 0 radical (unpaired) electrons. The van der Waals surface area contributed by atoms with Crippen molar-refractivity contribution in [3.63, 3.8) is 0 Å². The van der Waals surface area contributed by atoms with E-state index in [1.165, 1.54) is 12.8 Å². The van der Waals surface area contributed by atoms with Crippen molar-refractivity contribution in [3.05, 3.63) is 11.7 Å². The van der Waals surface area contributed by atoms with Crippen LogP contribution >= 0.6 is 0 Å². The van der Waals surface area contributed by atoms with Crippen molar-refractivity contribution in [2.24, 2.45) is 5.73 Å². The highest BCUT2D eigenvalue weighted by molar-refractivity contribution is 5.04. The zero-order valence-electron chi connectivity index (χ0n) is 11.2. The normalized spacial score (nSPS) is 19.7. The van der Waals surface area contributed by atoms with Crippen molar-refractivity contribution in [2.45, 2.75) is 57.4 Å². The molecule has 2 N–H and O–H groups in total. The lowest BCUT2D eigenvalue weighted by atomic mass is 9.91. The van der Waals surface area contributed by atoms with Crippen molar-refractivity contribution in [3.8, 4) is 0 Å². The predicted octanol–water partition coefficient (Wildman–Crippen LogP) is 2.16. The van der Waals surface area contributed by atoms with Crippen molar-refractivity contribution >= 4 is 0 Å². The van der Waals surface area contributed by atoms with E-state index in [1.54, 1.807) is 0 Å². The second kappa shape index (κ2) is 6.29. The minimum atomic E-state index is -0.385. The number of hydrogen-bond donors (Lipinski definition) is 1. The van der Waals surface area contributed by atoms with Crippen molar-refractivity contribution in [1.82, 2.24) is 10.1 Å². The molecule has 0 bridgehead atoms. The van der Waals surface area contributed by atoms with E-state index in [2.05, 4.69) is 10.1 Å². The van der Waals surface area contributed by atoms with E-state index in [0.717, 1.165) is 25.7 Å². The van der Waals surface area contributed by atoms with Crippen molar-refractivity contribution < 1.29 is 9.26 Å². The third-order valence-electron chi connectivity index (χ3n) is 3.57. The molecule has 1 saturated carbocycles. The molecule has 0 saturated heterocycles. The van der Waals surface area contributed by atoms with Gasteiger partial charge in [-0.05, 0) is 19.8 Å². The number of nitrogens with two attached hydrogens (primary N) is 1. The molecule has 5 nitrogen and oxygen atoms in total. The van der Waals surface area contributed by atoms with E-state index in [9.17, 15) is 0 Å². The molecule has 0 atom stereocenters. The molecule has 5 heteroatoms. The third-order valence-corrected chi connectivity index (χ3v) is 3.57. The number of aromatic nitrogens is 2. The summed E-state index contributed by atoms with van der Waals surface area (Å²) in [6, 6.07) is 0. The van der Waals surface area contributed by atoms with Gasteiger partial charge in [-0.2, -0.15) is 4.98 Å². The molecule has 1 fully saturated rings. The Morgan fingerprint density at radius 3 is 2.67 bits per heavy atom. The van der Waals surface area contributed by atoms with E-state index in [0.29, 0.717) is 31.3 Å². The fourth-order valence-corrected chi connectivity index (χ4v) is 2.45. The summed E-state index contributed by atoms with van der Waals surface area (Å²) in [4.78, 5) is 4.44. The number of ether oxygens (including phenoxy) is 1. The number of rotatable bonds is 5. The Bertz CT molecular complexity index is 357. The van der Waals surface area contributed by atoms with Gasteiger partial charge in [0.15, 0.2) is 5.82 Å². The molecule has 0 unspecified atom stereocenters. The van der Waals surface area contributed by atoms with E-state index < -0.39 is 0 Å². The Hall–Kier alpha value is -0.940. The second-order valence-electron chi connectivity index (χ2n) is 5.03. The molecular weight excluding hydrogens is 230 g/mol. The summed E-state index contributed by atoms with van der Waals surface area (Å²) in [6.07, 6.45) is 7.40. The Balaban J connectivity index is 1.99. The molecule has 1 aliphatic carbocycles. The minimum absolute atomic E-state index is 0.385. The van der Waals surface area contributed by atoms with Crippen LogP contribution in [0.4, 0.5) is 0 Å². The molecular formula is C13H23N3O2. The molecule has 0 spiro atoms. The molecule has 1 aromatic rings.